The maximum atomic E-state index is 12.6. The van der Waals surface area contributed by atoms with Gasteiger partial charge in [-0.1, -0.05) is 12.1 Å². The first-order valence-electron chi connectivity index (χ1n) is 8.92. The summed E-state index contributed by atoms with van der Waals surface area (Å²) < 4.78 is 5.67. The third-order valence-electron chi connectivity index (χ3n) is 5.65. The van der Waals surface area contributed by atoms with Gasteiger partial charge in [-0.25, -0.2) is 0 Å². The van der Waals surface area contributed by atoms with Crippen LogP contribution in [0.1, 0.15) is 30.3 Å². The molecule has 0 saturated carbocycles. The third-order valence-corrected chi connectivity index (χ3v) is 5.65. The normalized spacial score (nSPS) is 27.3. The number of nitrogens with zero attached hydrogens (tertiary/aromatic N) is 2. The second-order valence-corrected chi connectivity index (χ2v) is 7.08. The topological polar surface area (TPSA) is 88.6 Å². The van der Waals surface area contributed by atoms with Crippen LogP contribution in [0.25, 0.3) is 11.3 Å². The van der Waals surface area contributed by atoms with E-state index in [-0.39, 0.29) is 23.4 Å². The molecule has 2 atom stereocenters. The highest BCUT2D eigenvalue weighted by Gasteiger charge is 2.40. The standard InChI is InChI=1S/C19H21N3O4/c1-12-18(13-7-9-21(12)10-8-13)20-19(23)17-6-5-16(26-17)14-3-2-4-15(11-14)22(24)25/h2-6,11-13,18H,7-10H2,1H3,(H,20,23)/t12-,18-/m0/s1. The molecule has 0 unspecified atom stereocenters. The van der Waals surface area contributed by atoms with E-state index >= 15 is 0 Å². The summed E-state index contributed by atoms with van der Waals surface area (Å²) in [5, 5.41) is 14.0. The molecule has 26 heavy (non-hydrogen) atoms. The highest BCUT2D eigenvalue weighted by atomic mass is 16.6. The van der Waals surface area contributed by atoms with Crippen molar-refractivity contribution in [2.75, 3.05) is 13.1 Å². The largest absolute Gasteiger partial charge is 0.451 e. The van der Waals surface area contributed by atoms with Crippen LogP contribution in [0, 0.1) is 16.0 Å². The number of benzene rings is 1. The number of rotatable bonds is 4. The van der Waals surface area contributed by atoms with Crippen LogP contribution in [-0.2, 0) is 0 Å². The van der Waals surface area contributed by atoms with Gasteiger partial charge in [-0.15, -0.1) is 0 Å². The highest BCUT2D eigenvalue weighted by Crippen LogP contribution is 2.32. The van der Waals surface area contributed by atoms with E-state index in [4.69, 9.17) is 4.42 Å². The average Bonchev–Trinajstić information content (AvgIpc) is 3.15. The fourth-order valence-electron chi connectivity index (χ4n) is 4.16. The zero-order valence-electron chi connectivity index (χ0n) is 14.6. The van der Waals surface area contributed by atoms with Gasteiger partial charge in [-0.3, -0.25) is 19.8 Å². The molecule has 7 nitrogen and oxygen atoms in total. The minimum atomic E-state index is -0.450. The summed E-state index contributed by atoms with van der Waals surface area (Å²) >= 11 is 0. The molecular weight excluding hydrogens is 334 g/mol. The molecule has 3 aliphatic rings. The van der Waals surface area contributed by atoms with Gasteiger partial charge in [0.25, 0.3) is 11.6 Å². The van der Waals surface area contributed by atoms with Gasteiger partial charge in [0.2, 0.25) is 0 Å². The predicted molar refractivity (Wildman–Crippen MR) is 95.8 cm³/mol. The Balaban J connectivity index is 1.50. The Bertz CT molecular complexity index is 837. The Kier molecular flexibility index (Phi) is 4.24. The first kappa shape index (κ1) is 16.8. The summed E-state index contributed by atoms with van der Waals surface area (Å²) in [6.07, 6.45) is 2.23. The van der Waals surface area contributed by atoms with Crippen molar-refractivity contribution in [3.8, 4) is 11.3 Å². The van der Waals surface area contributed by atoms with Gasteiger partial charge in [0.05, 0.1) is 4.92 Å². The Labute approximate surface area is 151 Å². The Morgan fingerprint density at radius 1 is 1.27 bits per heavy atom. The molecular formula is C19H21N3O4. The minimum absolute atomic E-state index is 0.00833. The van der Waals surface area contributed by atoms with E-state index in [2.05, 4.69) is 17.1 Å². The lowest BCUT2D eigenvalue weighted by Gasteiger charge is -2.49. The minimum Gasteiger partial charge on any atom is -0.451 e. The van der Waals surface area contributed by atoms with Crippen LogP contribution >= 0.6 is 0 Å². The summed E-state index contributed by atoms with van der Waals surface area (Å²) in [4.78, 5) is 25.5. The number of non-ortho nitro benzene ring substituents is 1. The average molecular weight is 355 g/mol. The van der Waals surface area contributed by atoms with Crippen LogP contribution in [-0.4, -0.2) is 40.9 Å². The third kappa shape index (κ3) is 2.99. The van der Waals surface area contributed by atoms with Gasteiger partial charge in [0, 0.05) is 29.8 Å². The molecule has 1 N–H and O–H groups in total. The number of nitro groups is 1. The fraction of sp³-hybridized carbons (Fsp3) is 0.421. The molecule has 136 valence electrons. The van der Waals surface area contributed by atoms with Gasteiger partial charge in [-0.2, -0.15) is 0 Å². The van der Waals surface area contributed by atoms with Crippen LogP contribution in [0.5, 0.6) is 0 Å². The first-order valence-corrected chi connectivity index (χ1v) is 8.92. The molecule has 0 radical (unpaired) electrons. The predicted octanol–water partition coefficient (Wildman–Crippen LogP) is 3.07. The number of hydrogen-bond acceptors (Lipinski definition) is 5. The number of carbonyl (C=O) groups is 1. The van der Waals surface area contributed by atoms with Crippen molar-refractivity contribution in [2.24, 2.45) is 5.92 Å². The van der Waals surface area contributed by atoms with Gasteiger partial charge < -0.3 is 9.73 Å². The van der Waals surface area contributed by atoms with Gasteiger partial charge in [0.1, 0.15) is 5.76 Å². The van der Waals surface area contributed by atoms with Crippen molar-refractivity contribution in [3.05, 3.63) is 52.3 Å². The quantitative estimate of drug-likeness (QED) is 0.672. The van der Waals surface area contributed by atoms with Crippen LogP contribution in [0.4, 0.5) is 5.69 Å². The van der Waals surface area contributed by atoms with Crippen LogP contribution < -0.4 is 5.32 Å². The number of amides is 1. The number of carbonyl (C=O) groups excluding carboxylic acids is 1. The van der Waals surface area contributed by atoms with E-state index in [0.29, 0.717) is 23.3 Å². The van der Waals surface area contributed by atoms with E-state index < -0.39 is 4.92 Å². The molecule has 1 aromatic carbocycles. The molecule has 4 heterocycles. The summed E-state index contributed by atoms with van der Waals surface area (Å²) in [5.74, 6) is 0.966. The van der Waals surface area contributed by atoms with Crippen LogP contribution in [0.3, 0.4) is 0 Å². The number of furan rings is 1. The molecule has 0 spiro atoms. The highest BCUT2D eigenvalue weighted by molar-refractivity contribution is 5.92. The lowest BCUT2D eigenvalue weighted by Crippen LogP contribution is -2.62. The number of hydrogen-bond donors (Lipinski definition) is 1. The summed E-state index contributed by atoms with van der Waals surface area (Å²) in [7, 11) is 0. The summed E-state index contributed by atoms with van der Waals surface area (Å²) in [6.45, 7) is 4.37. The molecule has 3 aliphatic heterocycles. The van der Waals surface area contributed by atoms with Crippen molar-refractivity contribution in [1.82, 2.24) is 10.2 Å². The SMILES string of the molecule is C[C@H]1[C@H](NC(=O)c2ccc(-c3cccc([N+](=O)[O-])c3)o2)C2CCN1CC2. The molecule has 2 bridgehead atoms. The van der Waals surface area contributed by atoms with Crippen molar-refractivity contribution in [3.63, 3.8) is 0 Å². The molecule has 7 heteroatoms. The van der Waals surface area contributed by atoms with E-state index in [0.717, 1.165) is 25.9 Å². The zero-order chi connectivity index (χ0) is 18.3. The molecule has 3 fully saturated rings. The summed E-state index contributed by atoms with van der Waals surface area (Å²) in [5.41, 5.74) is 0.570. The fourth-order valence-corrected chi connectivity index (χ4v) is 4.16. The number of nitro benzene ring substituents is 1. The monoisotopic (exact) mass is 355 g/mol. The van der Waals surface area contributed by atoms with Crippen molar-refractivity contribution < 1.29 is 14.1 Å². The Morgan fingerprint density at radius 2 is 2.04 bits per heavy atom. The van der Waals surface area contributed by atoms with E-state index in [1.807, 2.05) is 0 Å². The molecule has 3 saturated heterocycles. The van der Waals surface area contributed by atoms with Gasteiger partial charge in [-0.05, 0) is 50.9 Å². The van der Waals surface area contributed by atoms with Crippen molar-refractivity contribution in [2.45, 2.75) is 31.8 Å². The lowest BCUT2D eigenvalue weighted by atomic mass is 9.79. The van der Waals surface area contributed by atoms with Crippen molar-refractivity contribution in [1.29, 1.82) is 0 Å². The molecule has 1 amide bonds. The second-order valence-electron chi connectivity index (χ2n) is 7.08. The molecule has 0 aliphatic carbocycles. The molecule has 5 rings (SSSR count). The van der Waals surface area contributed by atoms with Crippen LogP contribution in [0.15, 0.2) is 40.8 Å². The summed E-state index contributed by atoms with van der Waals surface area (Å²) in [6, 6.07) is 9.95. The van der Waals surface area contributed by atoms with E-state index in [1.54, 1.807) is 24.3 Å². The van der Waals surface area contributed by atoms with Gasteiger partial charge in [0.15, 0.2) is 5.76 Å². The molecule has 2 aromatic rings. The van der Waals surface area contributed by atoms with Crippen LogP contribution in [0.2, 0.25) is 0 Å². The number of nitrogens with one attached hydrogen (secondary N) is 1. The maximum Gasteiger partial charge on any atom is 0.287 e. The number of piperidine rings is 3. The Hall–Kier alpha value is -2.67. The van der Waals surface area contributed by atoms with E-state index in [9.17, 15) is 14.9 Å². The maximum absolute atomic E-state index is 12.6. The zero-order valence-corrected chi connectivity index (χ0v) is 14.6. The molecule has 1 aromatic heterocycles. The smallest absolute Gasteiger partial charge is 0.287 e. The lowest BCUT2D eigenvalue weighted by molar-refractivity contribution is -0.384. The van der Waals surface area contributed by atoms with Gasteiger partial charge >= 0.3 is 0 Å². The van der Waals surface area contributed by atoms with Crippen molar-refractivity contribution >= 4 is 11.6 Å². The van der Waals surface area contributed by atoms with E-state index in [1.165, 1.54) is 12.1 Å². The second kappa shape index (κ2) is 6.57. The number of fused-ring (bicyclic) bond motifs is 3. The Morgan fingerprint density at radius 3 is 2.73 bits per heavy atom. The first-order chi connectivity index (χ1) is 12.5.